The normalized spacial score (nSPS) is 13.2. The van der Waals surface area contributed by atoms with Gasteiger partial charge < -0.3 is 20.9 Å². The van der Waals surface area contributed by atoms with E-state index in [9.17, 15) is 19.5 Å². The summed E-state index contributed by atoms with van der Waals surface area (Å²) in [5.41, 5.74) is 6.00. The number of rotatable bonds is 9. The summed E-state index contributed by atoms with van der Waals surface area (Å²) in [6.45, 7) is 3.76. The van der Waals surface area contributed by atoms with Gasteiger partial charge in [0.05, 0.1) is 6.42 Å². The van der Waals surface area contributed by atoms with E-state index in [1.807, 2.05) is 32.0 Å². The summed E-state index contributed by atoms with van der Waals surface area (Å²) < 4.78 is 5.05. The van der Waals surface area contributed by atoms with Gasteiger partial charge in [0.1, 0.15) is 18.8 Å². The van der Waals surface area contributed by atoms with Crippen LogP contribution in [-0.4, -0.2) is 35.0 Å². The van der Waals surface area contributed by atoms with E-state index in [0.29, 0.717) is 0 Å². The number of nitrogens with two attached hydrogens (primary N) is 1. The Morgan fingerprint density at radius 1 is 1.21 bits per heavy atom. The molecule has 0 spiro atoms. The van der Waals surface area contributed by atoms with Crippen LogP contribution in [0.2, 0.25) is 0 Å². The smallest absolute Gasteiger partial charge is 0.308 e. The molecule has 0 unspecified atom stereocenters. The standard InChI is InChI=1S/C17H24N2O5/c1-11(2)8-14(20)17(23)19-13(16(18)22)9-15(21)24-10-12-6-4-3-5-7-12/h3-7,11,13-14,20H,8-10H2,1-2H3,(H2,18,22)(H,19,23)/t13-,14-/m0/s1. The molecular weight excluding hydrogens is 312 g/mol. The van der Waals surface area contributed by atoms with E-state index in [1.54, 1.807) is 12.1 Å². The first-order valence-electron chi connectivity index (χ1n) is 7.77. The molecule has 0 fully saturated rings. The zero-order valence-corrected chi connectivity index (χ0v) is 13.9. The molecule has 24 heavy (non-hydrogen) atoms. The number of benzene rings is 1. The second-order valence-corrected chi connectivity index (χ2v) is 5.96. The van der Waals surface area contributed by atoms with Crippen molar-refractivity contribution >= 4 is 17.8 Å². The first-order valence-corrected chi connectivity index (χ1v) is 7.77. The Kier molecular flexibility index (Phi) is 7.91. The highest BCUT2D eigenvalue weighted by atomic mass is 16.5. The molecule has 1 aromatic carbocycles. The minimum atomic E-state index is -1.26. The van der Waals surface area contributed by atoms with Gasteiger partial charge in [0.2, 0.25) is 11.8 Å². The van der Waals surface area contributed by atoms with Gasteiger partial charge in [0, 0.05) is 0 Å². The maximum Gasteiger partial charge on any atom is 0.308 e. The van der Waals surface area contributed by atoms with Crippen LogP contribution in [0.1, 0.15) is 32.3 Å². The van der Waals surface area contributed by atoms with E-state index in [0.717, 1.165) is 5.56 Å². The molecule has 0 bridgehead atoms. The van der Waals surface area contributed by atoms with Gasteiger partial charge in [-0.3, -0.25) is 14.4 Å². The molecule has 0 aliphatic heterocycles. The lowest BCUT2D eigenvalue weighted by atomic mass is 10.0. The molecule has 4 N–H and O–H groups in total. The van der Waals surface area contributed by atoms with E-state index in [1.165, 1.54) is 0 Å². The van der Waals surface area contributed by atoms with Gasteiger partial charge in [0.15, 0.2) is 0 Å². The topological polar surface area (TPSA) is 119 Å². The molecule has 0 aliphatic rings. The number of amides is 2. The van der Waals surface area contributed by atoms with Crippen molar-refractivity contribution in [1.82, 2.24) is 5.32 Å². The van der Waals surface area contributed by atoms with Crippen molar-refractivity contribution in [3.8, 4) is 0 Å². The molecule has 7 heteroatoms. The van der Waals surface area contributed by atoms with E-state index >= 15 is 0 Å². The van der Waals surface area contributed by atoms with Gasteiger partial charge in [-0.1, -0.05) is 44.2 Å². The summed E-state index contributed by atoms with van der Waals surface area (Å²) in [6.07, 6.45) is -1.40. The zero-order valence-electron chi connectivity index (χ0n) is 13.9. The summed E-state index contributed by atoms with van der Waals surface area (Å²) in [5.74, 6) is -2.16. The van der Waals surface area contributed by atoms with Crippen LogP contribution in [0.3, 0.4) is 0 Å². The van der Waals surface area contributed by atoms with Crippen molar-refractivity contribution in [1.29, 1.82) is 0 Å². The van der Waals surface area contributed by atoms with Crippen LogP contribution in [0.5, 0.6) is 0 Å². The van der Waals surface area contributed by atoms with Crippen molar-refractivity contribution in [2.45, 2.75) is 45.4 Å². The Morgan fingerprint density at radius 2 is 1.83 bits per heavy atom. The van der Waals surface area contributed by atoms with Gasteiger partial charge in [0.25, 0.3) is 0 Å². The molecule has 0 heterocycles. The monoisotopic (exact) mass is 336 g/mol. The first kappa shape index (κ1) is 19.6. The number of hydrogen-bond donors (Lipinski definition) is 3. The predicted molar refractivity (Wildman–Crippen MR) is 87.4 cm³/mol. The molecule has 0 radical (unpaired) electrons. The minimum absolute atomic E-state index is 0.0646. The molecule has 2 atom stereocenters. The number of carbonyl (C=O) groups excluding carboxylic acids is 3. The molecule has 2 amide bonds. The van der Waals surface area contributed by atoms with Crippen LogP contribution in [-0.2, 0) is 25.7 Å². The number of nitrogens with one attached hydrogen (secondary N) is 1. The van der Waals surface area contributed by atoms with Crippen molar-refractivity contribution in [3.63, 3.8) is 0 Å². The van der Waals surface area contributed by atoms with E-state index in [2.05, 4.69) is 5.32 Å². The second kappa shape index (κ2) is 9.67. The Labute approximate surface area is 141 Å². The van der Waals surface area contributed by atoms with Crippen molar-refractivity contribution in [2.24, 2.45) is 11.7 Å². The van der Waals surface area contributed by atoms with Crippen LogP contribution in [0.15, 0.2) is 30.3 Å². The third-order valence-corrected chi connectivity index (χ3v) is 3.27. The number of aliphatic hydroxyl groups is 1. The first-order chi connectivity index (χ1) is 11.3. The largest absolute Gasteiger partial charge is 0.461 e. The number of esters is 1. The van der Waals surface area contributed by atoms with E-state index < -0.39 is 29.9 Å². The summed E-state index contributed by atoms with van der Waals surface area (Å²) in [7, 11) is 0. The molecule has 0 aliphatic carbocycles. The van der Waals surface area contributed by atoms with Crippen molar-refractivity contribution < 1.29 is 24.2 Å². The number of primary amides is 1. The molecule has 0 aromatic heterocycles. The summed E-state index contributed by atoms with van der Waals surface area (Å²) >= 11 is 0. The molecule has 132 valence electrons. The summed E-state index contributed by atoms with van der Waals surface area (Å²) in [6, 6.07) is 7.83. The third-order valence-electron chi connectivity index (χ3n) is 3.27. The average Bonchev–Trinajstić information content (AvgIpc) is 2.52. The second-order valence-electron chi connectivity index (χ2n) is 5.96. The van der Waals surface area contributed by atoms with Gasteiger partial charge >= 0.3 is 5.97 Å². The number of hydrogen-bond acceptors (Lipinski definition) is 5. The fourth-order valence-corrected chi connectivity index (χ4v) is 2.01. The van der Waals surface area contributed by atoms with E-state index in [-0.39, 0.29) is 25.4 Å². The van der Waals surface area contributed by atoms with Gasteiger partial charge in [-0.05, 0) is 17.9 Å². The molecule has 0 saturated heterocycles. The quantitative estimate of drug-likeness (QED) is 0.567. The Morgan fingerprint density at radius 3 is 2.38 bits per heavy atom. The molecule has 1 aromatic rings. The molecular formula is C17H24N2O5. The SMILES string of the molecule is CC(C)C[C@H](O)C(=O)N[C@@H](CC(=O)OCc1ccccc1)C(N)=O. The number of carbonyl (C=O) groups is 3. The van der Waals surface area contributed by atoms with Gasteiger partial charge in [-0.2, -0.15) is 0 Å². The Balaban J connectivity index is 2.51. The highest BCUT2D eigenvalue weighted by molar-refractivity contribution is 5.91. The van der Waals surface area contributed by atoms with Crippen molar-refractivity contribution in [2.75, 3.05) is 0 Å². The van der Waals surface area contributed by atoms with Crippen LogP contribution < -0.4 is 11.1 Å². The van der Waals surface area contributed by atoms with Crippen LogP contribution >= 0.6 is 0 Å². The molecule has 0 saturated carbocycles. The molecule has 1 rings (SSSR count). The van der Waals surface area contributed by atoms with Crippen molar-refractivity contribution in [3.05, 3.63) is 35.9 Å². The summed E-state index contributed by atoms with van der Waals surface area (Å²) in [4.78, 5) is 35.1. The maximum atomic E-state index is 11.8. The van der Waals surface area contributed by atoms with Gasteiger partial charge in [-0.25, -0.2) is 0 Å². The highest BCUT2D eigenvalue weighted by Gasteiger charge is 2.26. The lowest BCUT2D eigenvalue weighted by Crippen LogP contribution is -2.49. The number of aliphatic hydroxyl groups excluding tert-OH is 1. The lowest BCUT2D eigenvalue weighted by Gasteiger charge is -2.18. The fraction of sp³-hybridized carbons (Fsp3) is 0.471. The van der Waals surface area contributed by atoms with Crippen LogP contribution in [0.4, 0.5) is 0 Å². The minimum Gasteiger partial charge on any atom is -0.461 e. The summed E-state index contributed by atoms with van der Waals surface area (Å²) in [5, 5.41) is 12.0. The Hall–Kier alpha value is -2.41. The van der Waals surface area contributed by atoms with E-state index in [4.69, 9.17) is 10.5 Å². The Bertz CT molecular complexity index is 559. The van der Waals surface area contributed by atoms with Crippen LogP contribution in [0, 0.1) is 5.92 Å². The van der Waals surface area contributed by atoms with Gasteiger partial charge in [-0.15, -0.1) is 0 Å². The fourth-order valence-electron chi connectivity index (χ4n) is 2.01. The number of ether oxygens (including phenoxy) is 1. The third kappa shape index (κ3) is 7.23. The van der Waals surface area contributed by atoms with Crippen LogP contribution in [0.25, 0.3) is 0 Å². The highest BCUT2D eigenvalue weighted by Crippen LogP contribution is 2.06. The lowest BCUT2D eigenvalue weighted by molar-refractivity contribution is -0.147. The maximum absolute atomic E-state index is 11.8. The predicted octanol–water partition coefficient (Wildman–Crippen LogP) is 0.497. The zero-order chi connectivity index (χ0) is 18.1. The average molecular weight is 336 g/mol. The molecule has 7 nitrogen and oxygen atoms in total.